The van der Waals surface area contributed by atoms with Crippen molar-refractivity contribution in [2.45, 2.75) is 0 Å². The minimum Gasteiger partial charge on any atom is -0.191 e. The number of nitrogens with zero attached hydrogens (tertiary/aromatic N) is 4. The number of hydrogen-bond acceptors (Lipinski definition) is 3. The lowest BCUT2D eigenvalue weighted by atomic mass is 10.6. The average Bonchev–Trinajstić information content (AvgIpc) is 2.14. The van der Waals surface area contributed by atoms with Gasteiger partial charge in [-0.2, -0.15) is 8.16 Å². The Labute approximate surface area is 59.6 Å². The summed E-state index contributed by atoms with van der Waals surface area (Å²) in [6.45, 7) is 0. The average molecular weight is 220 g/mol. The number of nitriles is 1. The van der Waals surface area contributed by atoms with Crippen LogP contribution in [0.25, 0.3) is 0 Å². The molecule has 4 nitrogen and oxygen atoms in total. The van der Waals surface area contributed by atoms with E-state index in [1.165, 1.54) is 2.90 Å². The predicted molar refractivity (Wildman–Crippen MR) is 34.2 cm³/mol. The molecule has 0 saturated heterocycles. The molecule has 0 spiro atoms. The molecule has 0 aliphatic heterocycles. The molecular weight excluding hydrogens is 219 g/mol. The first kappa shape index (κ1) is 5.50. The van der Waals surface area contributed by atoms with Gasteiger partial charge < -0.3 is 0 Å². The summed E-state index contributed by atoms with van der Waals surface area (Å²) in [5, 5.41) is 15.2. The van der Waals surface area contributed by atoms with Crippen molar-refractivity contribution in [1.82, 2.24) is 13.2 Å². The molecule has 0 radical (unpaired) electrons. The molecule has 0 aromatic carbocycles. The molecule has 1 aromatic heterocycles. The molecule has 1 heterocycles. The van der Waals surface area contributed by atoms with Crippen molar-refractivity contribution in [3.8, 4) is 6.07 Å². The van der Waals surface area contributed by atoms with Crippen LogP contribution in [0.4, 0.5) is 0 Å². The first-order valence-corrected chi connectivity index (χ1v) is 2.78. The number of hydrogen-bond donors (Lipinski definition) is 0. The third-order valence-corrected chi connectivity index (χ3v) is 1.05. The lowest BCUT2D eigenvalue weighted by Crippen LogP contribution is -1.75. The Kier molecular flexibility index (Phi) is 1.43. The molecule has 8 heavy (non-hydrogen) atoms. The zero-order valence-corrected chi connectivity index (χ0v) is 5.90. The molecule has 0 saturated carbocycles. The maximum absolute atomic E-state index is 8.18. The van der Waals surface area contributed by atoms with Crippen LogP contribution in [0.1, 0.15) is 5.69 Å². The number of rotatable bonds is 0. The Bertz CT molecular complexity index is 221. The minimum atomic E-state index is 0.347. The zero-order valence-electron chi connectivity index (χ0n) is 3.74. The van der Waals surface area contributed by atoms with Crippen LogP contribution in [0.15, 0.2) is 6.20 Å². The van der Waals surface area contributed by atoms with E-state index in [-0.39, 0.29) is 0 Å². The van der Waals surface area contributed by atoms with E-state index in [9.17, 15) is 0 Å². The fourth-order valence-electron chi connectivity index (χ4n) is 0.295. The van der Waals surface area contributed by atoms with E-state index < -0.39 is 0 Å². The second-order valence-electron chi connectivity index (χ2n) is 1.10. The van der Waals surface area contributed by atoms with E-state index in [1.807, 2.05) is 28.9 Å². The van der Waals surface area contributed by atoms with Gasteiger partial charge in [0.05, 0.1) is 29.1 Å². The Morgan fingerprint density at radius 3 is 2.88 bits per heavy atom. The van der Waals surface area contributed by atoms with Crippen LogP contribution in [0.2, 0.25) is 0 Å². The Morgan fingerprint density at radius 2 is 2.62 bits per heavy atom. The van der Waals surface area contributed by atoms with Gasteiger partial charge >= 0.3 is 0 Å². The fraction of sp³-hybridized carbons (Fsp3) is 0. The van der Waals surface area contributed by atoms with Gasteiger partial charge in [-0.05, 0) is 0 Å². The first-order valence-electron chi connectivity index (χ1n) is 1.81. The zero-order chi connectivity index (χ0) is 5.98. The first-order chi connectivity index (χ1) is 3.83. The second kappa shape index (κ2) is 2.09. The van der Waals surface area contributed by atoms with E-state index in [4.69, 9.17) is 5.26 Å². The minimum absolute atomic E-state index is 0.347. The molecule has 1 aromatic rings. The van der Waals surface area contributed by atoms with Crippen LogP contribution < -0.4 is 0 Å². The van der Waals surface area contributed by atoms with Gasteiger partial charge in [0.1, 0.15) is 6.07 Å². The SMILES string of the molecule is N#Cc1cn(I)nn1. The van der Waals surface area contributed by atoms with Crippen molar-refractivity contribution in [3.63, 3.8) is 0 Å². The van der Waals surface area contributed by atoms with E-state index >= 15 is 0 Å². The molecular formula is C3HIN4. The number of halogens is 1. The van der Waals surface area contributed by atoms with Gasteiger partial charge in [-0.1, -0.05) is 5.21 Å². The van der Waals surface area contributed by atoms with E-state index in [1.54, 1.807) is 6.20 Å². The molecule has 40 valence electrons. The smallest absolute Gasteiger partial charge is 0.183 e. The van der Waals surface area contributed by atoms with Crippen molar-refractivity contribution in [2.24, 2.45) is 0 Å². The van der Waals surface area contributed by atoms with Crippen molar-refractivity contribution in [1.29, 1.82) is 5.26 Å². The van der Waals surface area contributed by atoms with Crippen LogP contribution in [0.5, 0.6) is 0 Å². The molecule has 5 heteroatoms. The molecule has 0 aliphatic rings. The third kappa shape index (κ3) is 0.949. The molecule has 0 atom stereocenters. The third-order valence-electron chi connectivity index (χ3n) is 0.581. The molecule has 1 rings (SSSR count). The molecule has 0 N–H and O–H groups in total. The van der Waals surface area contributed by atoms with Gasteiger partial charge in [-0.3, -0.25) is 0 Å². The normalized spacial score (nSPS) is 8.50. The van der Waals surface area contributed by atoms with Crippen molar-refractivity contribution in [2.75, 3.05) is 0 Å². The van der Waals surface area contributed by atoms with Crippen molar-refractivity contribution >= 4 is 22.9 Å². The summed E-state index contributed by atoms with van der Waals surface area (Å²) in [4.78, 5) is 0. The highest BCUT2D eigenvalue weighted by Crippen LogP contribution is 1.92. The number of aromatic nitrogens is 3. The van der Waals surface area contributed by atoms with Crippen molar-refractivity contribution in [3.05, 3.63) is 11.9 Å². The lowest BCUT2D eigenvalue weighted by molar-refractivity contribution is 0.915. The quantitative estimate of drug-likeness (QED) is 0.592. The van der Waals surface area contributed by atoms with E-state index in [2.05, 4.69) is 10.3 Å². The van der Waals surface area contributed by atoms with Gasteiger partial charge in [0.15, 0.2) is 5.69 Å². The Morgan fingerprint density at radius 1 is 1.88 bits per heavy atom. The largest absolute Gasteiger partial charge is 0.191 e. The van der Waals surface area contributed by atoms with Gasteiger partial charge in [-0.25, -0.2) is 0 Å². The van der Waals surface area contributed by atoms with Gasteiger partial charge in [0.2, 0.25) is 0 Å². The fourth-order valence-corrected chi connectivity index (χ4v) is 0.655. The highest BCUT2D eigenvalue weighted by atomic mass is 127. The Hall–Kier alpha value is -0.640. The summed E-state index contributed by atoms with van der Waals surface area (Å²) in [6, 6.07) is 1.85. The van der Waals surface area contributed by atoms with Crippen LogP contribution >= 0.6 is 22.9 Å². The lowest BCUT2D eigenvalue weighted by Gasteiger charge is -1.70. The van der Waals surface area contributed by atoms with Crippen LogP contribution in [0.3, 0.4) is 0 Å². The summed E-state index contributed by atoms with van der Waals surface area (Å²) in [7, 11) is 0. The van der Waals surface area contributed by atoms with Gasteiger partial charge in [-0.15, -0.1) is 5.10 Å². The maximum Gasteiger partial charge on any atom is 0.183 e. The molecule has 0 bridgehead atoms. The summed E-state index contributed by atoms with van der Waals surface area (Å²) >= 11 is 1.92. The summed E-state index contributed by atoms with van der Waals surface area (Å²) in [5.74, 6) is 0. The van der Waals surface area contributed by atoms with Crippen LogP contribution in [-0.4, -0.2) is 13.2 Å². The van der Waals surface area contributed by atoms with Gasteiger partial charge in [0, 0.05) is 0 Å². The molecule has 0 aliphatic carbocycles. The highest BCUT2D eigenvalue weighted by Gasteiger charge is 1.91. The topological polar surface area (TPSA) is 54.5 Å². The summed E-state index contributed by atoms with van der Waals surface area (Å²) < 4.78 is 1.45. The molecule has 0 unspecified atom stereocenters. The molecule has 0 amide bonds. The molecule has 0 fully saturated rings. The van der Waals surface area contributed by atoms with Crippen LogP contribution in [-0.2, 0) is 0 Å². The highest BCUT2D eigenvalue weighted by molar-refractivity contribution is 14.1. The van der Waals surface area contributed by atoms with E-state index in [0.717, 1.165) is 0 Å². The standard InChI is InChI=1S/C3HIN4/c4-8-2-3(1-5)6-7-8/h2H. The van der Waals surface area contributed by atoms with E-state index in [0.29, 0.717) is 5.69 Å². The van der Waals surface area contributed by atoms with Gasteiger partial charge in [0.25, 0.3) is 0 Å². The second-order valence-corrected chi connectivity index (χ2v) is 2.09. The van der Waals surface area contributed by atoms with Crippen LogP contribution in [0, 0.1) is 11.3 Å². The Balaban J connectivity index is 3.05. The summed E-state index contributed by atoms with van der Waals surface area (Å²) in [5.41, 5.74) is 0.347. The predicted octanol–water partition coefficient (Wildman–Crippen LogP) is 0.348. The maximum atomic E-state index is 8.18. The van der Waals surface area contributed by atoms with Crippen molar-refractivity contribution < 1.29 is 0 Å². The monoisotopic (exact) mass is 220 g/mol. The summed E-state index contributed by atoms with van der Waals surface area (Å²) in [6.07, 6.45) is 1.54.